The maximum absolute atomic E-state index is 11.5. The summed E-state index contributed by atoms with van der Waals surface area (Å²) in [5.74, 6) is 0. The molecule has 1 aromatic carbocycles. The number of likely N-dealkylation sites (N-methyl/N-ethyl adjacent to an activating group) is 1. The van der Waals surface area contributed by atoms with Gasteiger partial charge >= 0.3 is 0 Å². The minimum absolute atomic E-state index is 0.106. The first-order valence-electron chi connectivity index (χ1n) is 6.23. The van der Waals surface area contributed by atoms with E-state index >= 15 is 0 Å². The first-order valence-corrected chi connectivity index (χ1v) is 7.69. The number of rotatable bonds is 8. The number of phosphoric ester groups is 1. The number of hydrogen-bond acceptors (Lipinski definition) is 4. The summed E-state index contributed by atoms with van der Waals surface area (Å²) in [5.41, 5.74) is 1.04. The molecule has 1 atom stereocenters. The molecule has 0 aliphatic carbocycles. The molecule has 108 valence electrons. The van der Waals surface area contributed by atoms with Crippen molar-refractivity contribution in [3.63, 3.8) is 0 Å². The van der Waals surface area contributed by atoms with Gasteiger partial charge in [0.2, 0.25) is 0 Å². The van der Waals surface area contributed by atoms with E-state index in [1.807, 2.05) is 51.5 Å². The van der Waals surface area contributed by atoms with Gasteiger partial charge in [0.1, 0.15) is 13.2 Å². The highest BCUT2D eigenvalue weighted by Crippen LogP contribution is 2.38. The van der Waals surface area contributed by atoms with E-state index in [0.29, 0.717) is 17.4 Å². The Hall–Kier alpha value is -0.710. The van der Waals surface area contributed by atoms with Crippen LogP contribution in [0.4, 0.5) is 0 Å². The molecule has 6 heteroatoms. The minimum atomic E-state index is -4.18. The molecule has 0 heterocycles. The molecule has 0 radical (unpaired) electrons. The van der Waals surface area contributed by atoms with E-state index in [9.17, 15) is 9.46 Å². The van der Waals surface area contributed by atoms with E-state index in [-0.39, 0.29) is 13.2 Å². The smallest absolute Gasteiger partial charge is 0.268 e. The van der Waals surface area contributed by atoms with Crippen LogP contribution in [0.15, 0.2) is 30.3 Å². The Morgan fingerprint density at radius 1 is 1.11 bits per heavy atom. The molecular weight excluding hydrogens is 265 g/mol. The zero-order valence-corrected chi connectivity index (χ0v) is 12.6. The molecule has 1 unspecified atom stereocenters. The van der Waals surface area contributed by atoms with Gasteiger partial charge in [0.25, 0.3) is 7.82 Å². The van der Waals surface area contributed by atoms with E-state index in [0.717, 1.165) is 5.56 Å². The summed E-state index contributed by atoms with van der Waals surface area (Å²) >= 11 is 0. The molecule has 0 fully saturated rings. The third-order valence-corrected chi connectivity index (χ3v) is 3.49. The largest absolute Gasteiger partial charge is 0.756 e. The molecule has 1 aromatic rings. The molecule has 0 spiro atoms. The van der Waals surface area contributed by atoms with E-state index in [1.54, 1.807) is 0 Å². The quantitative estimate of drug-likeness (QED) is 0.536. The van der Waals surface area contributed by atoms with E-state index in [2.05, 4.69) is 0 Å². The third-order valence-electron chi connectivity index (χ3n) is 2.49. The minimum Gasteiger partial charge on any atom is -0.756 e. The van der Waals surface area contributed by atoms with Gasteiger partial charge in [0.05, 0.1) is 27.7 Å². The Bertz CT molecular complexity index is 416. The lowest BCUT2D eigenvalue weighted by Gasteiger charge is -2.27. The van der Waals surface area contributed by atoms with Gasteiger partial charge < -0.3 is 18.4 Å². The van der Waals surface area contributed by atoms with Crippen molar-refractivity contribution < 1.29 is 23.0 Å². The summed E-state index contributed by atoms with van der Waals surface area (Å²) in [6.45, 7) is 0.846. The molecule has 0 aromatic heterocycles. The second kappa shape index (κ2) is 7.17. The second-order valence-electron chi connectivity index (χ2n) is 5.36. The van der Waals surface area contributed by atoms with Crippen LogP contribution < -0.4 is 4.89 Å². The molecule has 1 rings (SSSR count). The van der Waals surface area contributed by atoms with Gasteiger partial charge in [-0.1, -0.05) is 30.3 Å². The normalized spacial score (nSPS) is 15.2. The number of benzene rings is 1. The van der Waals surface area contributed by atoms with Gasteiger partial charge in [-0.25, -0.2) is 0 Å². The monoisotopic (exact) mass is 287 g/mol. The first-order chi connectivity index (χ1) is 8.79. The fraction of sp³-hybridized carbons (Fsp3) is 0.538. The fourth-order valence-electron chi connectivity index (χ4n) is 1.38. The third kappa shape index (κ3) is 8.14. The van der Waals surface area contributed by atoms with Crippen LogP contribution in [0.25, 0.3) is 0 Å². The highest BCUT2D eigenvalue weighted by Gasteiger charge is 2.13. The van der Waals surface area contributed by atoms with Crippen LogP contribution in [0.1, 0.15) is 5.56 Å². The highest BCUT2D eigenvalue weighted by molar-refractivity contribution is 7.45. The fourth-order valence-corrected chi connectivity index (χ4v) is 2.08. The van der Waals surface area contributed by atoms with Crippen molar-refractivity contribution in [1.29, 1.82) is 0 Å². The van der Waals surface area contributed by atoms with Crippen LogP contribution in [-0.4, -0.2) is 45.4 Å². The topological polar surface area (TPSA) is 58.6 Å². The summed E-state index contributed by atoms with van der Waals surface area (Å²) in [4.78, 5) is 11.5. The van der Waals surface area contributed by atoms with Crippen molar-refractivity contribution in [1.82, 2.24) is 0 Å². The zero-order chi connectivity index (χ0) is 14.4. The predicted octanol–water partition coefficient (Wildman–Crippen LogP) is 1.44. The molecule has 0 aliphatic rings. The Morgan fingerprint density at radius 2 is 1.68 bits per heavy atom. The lowest BCUT2D eigenvalue weighted by atomic mass is 10.2. The van der Waals surface area contributed by atoms with Crippen LogP contribution in [0, 0.1) is 0 Å². The number of nitrogens with zero attached hydrogens (tertiary/aromatic N) is 1. The van der Waals surface area contributed by atoms with E-state index < -0.39 is 7.82 Å². The highest BCUT2D eigenvalue weighted by atomic mass is 31.2. The lowest BCUT2D eigenvalue weighted by molar-refractivity contribution is -0.870. The van der Waals surface area contributed by atoms with Crippen LogP contribution in [0.3, 0.4) is 0 Å². The molecule has 19 heavy (non-hydrogen) atoms. The average molecular weight is 287 g/mol. The Morgan fingerprint density at radius 3 is 2.26 bits per heavy atom. The van der Waals surface area contributed by atoms with E-state index in [4.69, 9.17) is 9.05 Å². The van der Waals surface area contributed by atoms with Crippen molar-refractivity contribution in [3.05, 3.63) is 35.9 Å². The molecule has 0 amide bonds. The Labute approximate surface area is 115 Å². The molecule has 5 nitrogen and oxygen atoms in total. The van der Waals surface area contributed by atoms with Crippen molar-refractivity contribution in [2.75, 3.05) is 40.9 Å². The van der Waals surface area contributed by atoms with Crippen molar-refractivity contribution in [2.24, 2.45) is 0 Å². The summed E-state index contributed by atoms with van der Waals surface area (Å²) in [7, 11) is 1.73. The van der Waals surface area contributed by atoms with Crippen LogP contribution in [0.2, 0.25) is 0 Å². The first kappa shape index (κ1) is 16.3. The molecule has 0 saturated heterocycles. The number of hydrogen-bond donors (Lipinski definition) is 0. The predicted molar refractivity (Wildman–Crippen MR) is 72.6 cm³/mol. The molecule has 0 N–H and O–H groups in total. The summed E-state index contributed by atoms with van der Waals surface area (Å²) in [6, 6.07) is 9.58. The molecular formula is C13H22NO4P. The number of phosphoric acid groups is 1. The Kier molecular flexibility index (Phi) is 6.17. The van der Waals surface area contributed by atoms with Crippen molar-refractivity contribution in [2.45, 2.75) is 6.42 Å². The van der Waals surface area contributed by atoms with Gasteiger partial charge in [0.15, 0.2) is 0 Å². The van der Waals surface area contributed by atoms with Gasteiger partial charge in [-0.05, 0) is 12.0 Å². The second-order valence-corrected chi connectivity index (χ2v) is 6.77. The maximum atomic E-state index is 11.5. The standard InChI is InChI=1S/C13H22NO4P/c1-14(2,3)10-12-18-19(15,16)17-11-9-13-7-5-4-6-8-13/h4-8H,9-12H2,1-3H3. The van der Waals surface area contributed by atoms with Crippen LogP contribution in [-0.2, 0) is 20.0 Å². The average Bonchev–Trinajstić information content (AvgIpc) is 2.28. The number of quaternary nitrogens is 1. The van der Waals surface area contributed by atoms with Gasteiger partial charge in [-0.2, -0.15) is 0 Å². The van der Waals surface area contributed by atoms with Gasteiger partial charge in [-0.3, -0.25) is 4.57 Å². The molecule has 0 saturated carbocycles. The SMILES string of the molecule is C[N+](C)(C)CCOP(=O)([O-])OCCc1ccccc1. The van der Waals surface area contributed by atoms with Gasteiger partial charge in [-0.15, -0.1) is 0 Å². The zero-order valence-electron chi connectivity index (χ0n) is 11.7. The Balaban J connectivity index is 2.25. The van der Waals surface area contributed by atoms with Gasteiger partial charge in [0, 0.05) is 0 Å². The van der Waals surface area contributed by atoms with E-state index in [1.165, 1.54) is 0 Å². The summed E-state index contributed by atoms with van der Waals surface area (Å²) in [5, 5.41) is 0. The summed E-state index contributed by atoms with van der Waals surface area (Å²) < 4.78 is 21.8. The lowest BCUT2D eigenvalue weighted by Crippen LogP contribution is -2.37. The van der Waals surface area contributed by atoms with Crippen LogP contribution >= 0.6 is 7.82 Å². The molecule has 0 aliphatic heterocycles. The summed E-state index contributed by atoms with van der Waals surface area (Å²) in [6.07, 6.45) is 0.547. The molecule has 0 bridgehead atoms. The van der Waals surface area contributed by atoms with Crippen molar-refractivity contribution >= 4 is 7.82 Å². The maximum Gasteiger partial charge on any atom is 0.268 e. The van der Waals surface area contributed by atoms with Crippen molar-refractivity contribution in [3.8, 4) is 0 Å². The van der Waals surface area contributed by atoms with Crippen LogP contribution in [0.5, 0.6) is 0 Å².